The predicted molar refractivity (Wildman–Crippen MR) is 186 cm³/mol. The lowest BCUT2D eigenvalue weighted by Gasteiger charge is -2.31. The highest BCUT2D eigenvalue weighted by Gasteiger charge is 2.33. The summed E-state index contributed by atoms with van der Waals surface area (Å²) in [6.07, 6.45) is -3.12. The van der Waals surface area contributed by atoms with Gasteiger partial charge in [-0.3, -0.25) is 0 Å². The molecule has 16 heteroatoms. The van der Waals surface area contributed by atoms with E-state index < -0.39 is 36.4 Å². The molecule has 16 nitrogen and oxygen atoms in total. The molecule has 282 valence electrons. The Hall–Kier alpha value is -7.04. The molecule has 0 spiro atoms. The SMILES string of the molecule is O=C(O)c1ccccc1C(=O)O.Oc1cc(O)c2c(c1)O[C@H](c1ccc(O)c(O)c1)[C@@H](O)C2.Oc1cc(O)c2c(c1)O[C@H](c1ccc(O)c(O)c1)[C@@H](O)C2. The molecule has 5 aromatic rings. The first-order valence-electron chi connectivity index (χ1n) is 15.9. The van der Waals surface area contributed by atoms with Crippen molar-refractivity contribution in [2.24, 2.45) is 0 Å². The fourth-order valence-electron chi connectivity index (χ4n) is 5.79. The molecule has 54 heavy (non-hydrogen) atoms. The van der Waals surface area contributed by atoms with Gasteiger partial charge in [0, 0.05) is 48.2 Å². The van der Waals surface area contributed by atoms with Crippen LogP contribution in [-0.4, -0.2) is 85.4 Å². The van der Waals surface area contributed by atoms with Crippen LogP contribution in [0.4, 0.5) is 0 Å². The number of carboxylic acids is 2. The smallest absolute Gasteiger partial charge is 0.336 e. The van der Waals surface area contributed by atoms with Gasteiger partial charge < -0.3 is 70.8 Å². The number of aliphatic hydroxyl groups excluding tert-OH is 2. The van der Waals surface area contributed by atoms with Crippen molar-refractivity contribution in [3.8, 4) is 57.5 Å². The molecule has 0 aliphatic carbocycles. The lowest BCUT2D eigenvalue weighted by atomic mass is 9.94. The molecular weight excluding hydrogens is 712 g/mol. The summed E-state index contributed by atoms with van der Waals surface area (Å²) in [6.45, 7) is 0. The van der Waals surface area contributed by atoms with E-state index in [0.29, 0.717) is 22.3 Å². The Labute approximate surface area is 305 Å². The highest BCUT2D eigenvalue weighted by atomic mass is 16.5. The van der Waals surface area contributed by atoms with Gasteiger partial charge in [0.25, 0.3) is 0 Å². The Kier molecular flexibility index (Phi) is 11.1. The van der Waals surface area contributed by atoms with E-state index in [9.17, 15) is 60.7 Å². The molecule has 0 aromatic heterocycles. The van der Waals surface area contributed by atoms with Gasteiger partial charge in [-0.1, -0.05) is 24.3 Å². The van der Waals surface area contributed by atoms with Crippen molar-refractivity contribution in [2.75, 3.05) is 0 Å². The van der Waals surface area contributed by atoms with Crippen LogP contribution in [0.2, 0.25) is 0 Å². The monoisotopic (exact) mass is 746 g/mol. The molecular formula is C38H34O16. The zero-order valence-electron chi connectivity index (χ0n) is 27.8. The maximum Gasteiger partial charge on any atom is 0.336 e. The Bertz CT molecular complexity index is 2050. The standard InChI is InChI=1S/2C15H14O6.C8H6O4/c2*16-8-4-11(18)9-6-13(20)15(21-14(9)5-8)7-1-2-10(17)12(19)3-7;9-7(10)5-3-1-2-4-6(5)8(11)12/h2*1-5,13,15-20H,6H2;1-4H,(H,9,10)(H,11,12)/t2*13-,15+;/m00./s1. The lowest BCUT2D eigenvalue weighted by molar-refractivity contribution is 0.0196. The van der Waals surface area contributed by atoms with Gasteiger partial charge in [0.15, 0.2) is 23.0 Å². The summed E-state index contributed by atoms with van der Waals surface area (Å²) in [7, 11) is 0. The first-order valence-corrected chi connectivity index (χ1v) is 15.9. The van der Waals surface area contributed by atoms with Gasteiger partial charge in [0.2, 0.25) is 0 Å². The van der Waals surface area contributed by atoms with Crippen LogP contribution in [0.5, 0.6) is 57.5 Å². The molecule has 2 aliphatic rings. The average molecular weight is 747 g/mol. The third-order valence-electron chi connectivity index (χ3n) is 8.42. The maximum atomic E-state index is 10.5. The third kappa shape index (κ3) is 8.36. The van der Waals surface area contributed by atoms with E-state index in [1.165, 1.54) is 84.9 Å². The fourth-order valence-corrected chi connectivity index (χ4v) is 5.79. The van der Waals surface area contributed by atoms with E-state index >= 15 is 0 Å². The molecule has 0 saturated heterocycles. The minimum absolute atomic E-state index is 0.143. The van der Waals surface area contributed by atoms with E-state index in [1.807, 2.05) is 0 Å². The first-order chi connectivity index (χ1) is 25.5. The molecule has 2 aliphatic heterocycles. The Balaban J connectivity index is 0.000000162. The number of hydrogen-bond acceptors (Lipinski definition) is 14. The summed E-state index contributed by atoms with van der Waals surface area (Å²) in [5.41, 5.74) is 1.41. The van der Waals surface area contributed by atoms with Gasteiger partial charge in [-0.15, -0.1) is 0 Å². The number of carboxylic acid groups (broad SMARTS) is 2. The van der Waals surface area contributed by atoms with Gasteiger partial charge in [-0.25, -0.2) is 9.59 Å². The van der Waals surface area contributed by atoms with Gasteiger partial charge in [0.05, 0.1) is 23.3 Å². The van der Waals surface area contributed by atoms with Crippen LogP contribution in [0, 0.1) is 0 Å². The van der Waals surface area contributed by atoms with Gasteiger partial charge in [-0.05, 0) is 47.5 Å². The molecule has 5 aromatic carbocycles. The summed E-state index contributed by atoms with van der Waals surface area (Å²) >= 11 is 0. The molecule has 0 fully saturated rings. The van der Waals surface area contributed by atoms with Crippen molar-refractivity contribution >= 4 is 11.9 Å². The number of rotatable bonds is 4. The van der Waals surface area contributed by atoms with Crippen molar-refractivity contribution in [3.05, 3.63) is 118 Å². The number of benzene rings is 5. The molecule has 0 radical (unpaired) electrons. The normalized spacial score (nSPS) is 18.1. The number of ether oxygens (including phenoxy) is 2. The number of fused-ring (bicyclic) bond motifs is 2. The zero-order chi connectivity index (χ0) is 39.4. The van der Waals surface area contributed by atoms with Crippen molar-refractivity contribution in [3.63, 3.8) is 0 Å². The van der Waals surface area contributed by atoms with Crippen LogP contribution in [-0.2, 0) is 12.8 Å². The molecule has 0 amide bonds. The maximum absolute atomic E-state index is 10.5. The summed E-state index contributed by atoms with van der Waals surface area (Å²) in [5.74, 6) is -3.64. The average Bonchev–Trinajstić information content (AvgIpc) is 3.11. The quantitative estimate of drug-likeness (QED) is 0.115. The van der Waals surface area contributed by atoms with Crippen LogP contribution in [0.25, 0.3) is 0 Å². The molecule has 7 rings (SSSR count). The second kappa shape index (κ2) is 15.7. The number of hydrogen-bond donors (Lipinski definition) is 12. The van der Waals surface area contributed by atoms with Gasteiger partial charge >= 0.3 is 11.9 Å². The van der Waals surface area contributed by atoms with Crippen LogP contribution in [0.1, 0.15) is 55.2 Å². The summed E-state index contributed by atoms with van der Waals surface area (Å²) in [4.78, 5) is 20.9. The molecule has 12 N–H and O–H groups in total. The van der Waals surface area contributed by atoms with E-state index in [2.05, 4.69) is 0 Å². The molecule has 0 unspecified atom stereocenters. The Morgan fingerprint density at radius 1 is 0.481 bits per heavy atom. The number of aromatic hydroxyl groups is 8. The molecule has 0 bridgehead atoms. The Morgan fingerprint density at radius 3 is 1.19 bits per heavy atom. The first kappa shape index (κ1) is 38.2. The zero-order valence-corrected chi connectivity index (χ0v) is 27.8. The van der Waals surface area contributed by atoms with Gasteiger partial charge in [0.1, 0.15) is 46.7 Å². The largest absolute Gasteiger partial charge is 0.508 e. The van der Waals surface area contributed by atoms with E-state index in [0.717, 1.165) is 0 Å². The van der Waals surface area contributed by atoms with Crippen molar-refractivity contribution in [1.82, 2.24) is 0 Å². The van der Waals surface area contributed by atoms with E-state index in [-0.39, 0.29) is 81.5 Å². The van der Waals surface area contributed by atoms with Crippen LogP contribution in [0.3, 0.4) is 0 Å². The number of phenols is 8. The Morgan fingerprint density at radius 2 is 0.852 bits per heavy atom. The van der Waals surface area contributed by atoms with Crippen LogP contribution < -0.4 is 9.47 Å². The lowest BCUT2D eigenvalue weighted by Crippen LogP contribution is -2.30. The number of aromatic carboxylic acids is 2. The second-order valence-corrected chi connectivity index (χ2v) is 12.2. The number of phenolic OH excluding ortho intramolecular Hbond substituents is 8. The van der Waals surface area contributed by atoms with E-state index in [4.69, 9.17) is 19.7 Å². The number of carbonyl (C=O) groups is 2. The molecule has 0 saturated carbocycles. The van der Waals surface area contributed by atoms with Crippen LogP contribution in [0.15, 0.2) is 84.9 Å². The van der Waals surface area contributed by atoms with Gasteiger partial charge in [-0.2, -0.15) is 0 Å². The number of aliphatic hydroxyl groups is 2. The summed E-state index contributed by atoms with van der Waals surface area (Å²) in [5, 5.41) is 114. The molecule has 2 heterocycles. The molecule has 4 atom stereocenters. The topological polar surface area (TPSA) is 295 Å². The predicted octanol–water partition coefficient (Wildman–Crippen LogP) is 4.18. The van der Waals surface area contributed by atoms with Crippen molar-refractivity contribution in [1.29, 1.82) is 0 Å². The summed E-state index contributed by atoms with van der Waals surface area (Å²) in [6, 6.07) is 18.8. The van der Waals surface area contributed by atoms with Crippen molar-refractivity contribution in [2.45, 2.75) is 37.3 Å². The van der Waals surface area contributed by atoms with E-state index in [1.54, 1.807) is 0 Å². The minimum Gasteiger partial charge on any atom is -0.508 e. The second-order valence-electron chi connectivity index (χ2n) is 12.2. The fraction of sp³-hybridized carbons (Fsp3) is 0.158. The highest BCUT2D eigenvalue weighted by molar-refractivity contribution is 6.01. The van der Waals surface area contributed by atoms with Crippen LogP contribution >= 0.6 is 0 Å². The summed E-state index contributed by atoms with van der Waals surface area (Å²) < 4.78 is 11.2. The minimum atomic E-state index is -1.23. The highest BCUT2D eigenvalue weighted by Crippen LogP contribution is 2.44. The third-order valence-corrected chi connectivity index (χ3v) is 8.42. The van der Waals surface area contributed by atoms with Crippen molar-refractivity contribution < 1.29 is 80.3 Å².